The number of nitrogens with zero attached hydrogens (tertiary/aromatic N) is 1. The minimum Gasteiger partial charge on any atom is -0.450 e. The molecular weight excluding hydrogens is 178 g/mol. The van der Waals surface area contributed by atoms with Gasteiger partial charge >= 0.3 is 6.09 Å². The molecule has 0 rings (SSSR count). The van der Waals surface area contributed by atoms with Crippen LogP contribution in [0.1, 0.15) is 41.0 Å². The summed E-state index contributed by atoms with van der Waals surface area (Å²) in [4.78, 5) is 12.7. The van der Waals surface area contributed by atoms with Gasteiger partial charge in [0.1, 0.15) is 0 Å². The molecule has 0 aliphatic rings. The Hall–Kier alpha value is -0.730. The van der Waals surface area contributed by atoms with E-state index < -0.39 is 0 Å². The Labute approximate surface area is 88.4 Å². The zero-order valence-electron chi connectivity index (χ0n) is 10.5. The zero-order chi connectivity index (χ0) is 11.6. The van der Waals surface area contributed by atoms with Gasteiger partial charge in [-0.25, -0.2) is 4.79 Å². The number of hydrogen-bond donors (Lipinski definition) is 0. The molecule has 0 N–H and O–H groups in total. The van der Waals surface area contributed by atoms with E-state index in [0.29, 0.717) is 12.5 Å². The Morgan fingerprint density at radius 2 is 1.86 bits per heavy atom. The highest BCUT2D eigenvalue weighted by atomic mass is 16.5. The van der Waals surface area contributed by atoms with Crippen LogP contribution in [-0.2, 0) is 4.74 Å². The van der Waals surface area contributed by atoms with Crippen molar-refractivity contribution in [1.82, 2.24) is 4.90 Å². The summed E-state index contributed by atoms with van der Waals surface area (Å²) in [6, 6.07) is 0. The van der Waals surface area contributed by atoms with Crippen LogP contribution < -0.4 is 0 Å². The number of rotatable bonds is 4. The Bertz CT molecular complexity index is 135. The van der Waals surface area contributed by atoms with Gasteiger partial charge in [0, 0.05) is 13.6 Å². The van der Waals surface area contributed by atoms with E-state index >= 15 is 0 Å². The van der Waals surface area contributed by atoms with E-state index in [1.54, 1.807) is 11.9 Å². The molecule has 0 aromatic heterocycles. The van der Waals surface area contributed by atoms with E-state index in [9.17, 15) is 4.79 Å². The van der Waals surface area contributed by atoms with Crippen molar-refractivity contribution in [2.45, 2.75) is 41.0 Å². The molecule has 0 unspecified atom stereocenters. The predicted octanol–water partition coefficient (Wildman–Crippen LogP) is 3.15. The van der Waals surface area contributed by atoms with Crippen LogP contribution in [0.2, 0.25) is 0 Å². The maximum absolute atomic E-state index is 11.1. The van der Waals surface area contributed by atoms with Crippen LogP contribution in [0.4, 0.5) is 4.79 Å². The van der Waals surface area contributed by atoms with Crippen molar-refractivity contribution in [3.8, 4) is 0 Å². The maximum Gasteiger partial charge on any atom is 0.409 e. The fraction of sp³-hybridized carbons (Fsp3) is 0.909. The third-order valence-corrected chi connectivity index (χ3v) is 1.62. The second kappa shape index (κ2) is 10.4. The minimum atomic E-state index is -0.224. The van der Waals surface area contributed by atoms with Crippen molar-refractivity contribution in [2.75, 3.05) is 20.2 Å². The normalized spacial score (nSPS) is 9.07. The summed E-state index contributed by atoms with van der Waals surface area (Å²) in [6.45, 7) is 11.3. The first kappa shape index (κ1) is 15.7. The largest absolute Gasteiger partial charge is 0.450 e. The summed E-state index contributed by atoms with van der Waals surface area (Å²) in [5.74, 6) is 0.627. The molecular formula is C11H25NO2. The summed E-state index contributed by atoms with van der Waals surface area (Å²) >= 11 is 0. The molecule has 0 fully saturated rings. The Morgan fingerprint density at radius 3 is 2.21 bits per heavy atom. The van der Waals surface area contributed by atoms with E-state index in [1.807, 2.05) is 20.8 Å². The third-order valence-electron chi connectivity index (χ3n) is 1.62. The van der Waals surface area contributed by atoms with Crippen LogP contribution in [-0.4, -0.2) is 31.2 Å². The highest BCUT2D eigenvalue weighted by Gasteiger charge is 2.08. The molecule has 0 aliphatic heterocycles. The highest BCUT2D eigenvalue weighted by Crippen LogP contribution is 2.01. The minimum absolute atomic E-state index is 0.224. The molecule has 0 atom stereocenters. The molecule has 0 aliphatic carbocycles. The lowest BCUT2D eigenvalue weighted by Gasteiger charge is -2.17. The molecule has 0 heterocycles. The monoisotopic (exact) mass is 203 g/mol. The molecule has 0 bridgehead atoms. The van der Waals surface area contributed by atoms with E-state index in [0.717, 1.165) is 13.0 Å². The second-order valence-corrected chi connectivity index (χ2v) is 3.30. The van der Waals surface area contributed by atoms with Gasteiger partial charge in [-0.05, 0) is 19.3 Å². The first-order chi connectivity index (χ1) is 6.57. The molecule has 86 valence electrons. The van der Waals surface area contributed by atoms with Crippen molar-refractivity contribution >= 4 is 6.09 Å². The molecule has 0 aromatic carbocycles. The maximum atomic E-state index is 11.1. The fourth-order valence-electron chi connectivity index (χ4n) is 0.777. The molecule has 14 heavy (non-hydrogen) atoms. The summed E-state index contributed by atoms with van der Waals surface area (Å²) in [7, 11) is 1.76. The molecule has 3 heteroatoms. The van der Waals surface area contributed by atoms with Gasteiger partial charge in [0.25, 0.3) is 0 Å². The Kier molecular flexibility index (Phi) is 11.6. The quantitative estimate of drug-likeness (QED) is 0.702. The van der Waals surface area contributed by atoms with Crippen molar-refractivity contribution in [2.24, 2.45) is 5.92 Å². The van der Waals surface area contributed by atoms with Crippen LogP contribution in [0.25, 0.3) is 0 Å². The molecule has 3 nitrogen and oxygen atoms in total. The molecule has 0 saturated carbocycles. The summed E-state index contributed by atoms with van der Waals surface area (Å²) < 4.78 is 4.82. The Morgan fingerprint density at radius 1 is 1.36 bits per heavy atom. The lowest BCUT2D eigenvalue weighted by molar-refractivity contribution is 0.114. The lowest BCUT2D eigenvalue weighted by Crippen LogP contribution is -2.29. The molecule has 0 radical (unpaired) electrons. The van der Waals surface area contributed by atoms with Crippen molar-refractivity contribution < 1.29 is 9.53 Å². The first-order valence-electron chi connectivity index (χ1n) is 5.45. The predicted molar refractivity (Wildman–Crippen MR) is 60.5 cm³/mol. The summed E-state index contributed by atoms with van der Waals surface area (Å²) in [5.41, 5.74) is 0. The van der Waals surface area contributed by atoms with Crippen LogP contribution in [0.5, 0.6) is 0 Å². The number of hydrogen-bond acceptors (Lipinski definition) is 2. The van der Waals surface area contributed by atoms with E-state index in [2.05, 4.69) is 13.8 Å². The van der Waals surface area contributed by atoms with Crippen molar-refractivity contribution in [3.63, 3.8) is 0 Å². The molecule has 1 amide bonds. The van der Waals surface area contributed by atoms with Gasteiger partial charge in [-0.3, -0.25) is 0 Å². The van der Waals surface area contributed by atoms with Crippen LogP contribution in [0.15, 0.2) is 0 Å². The lowest BCUT2D eigenvalue weighted by atomic mass is 10.1. The van der Waals surface area contributed by atoms with Gasteiger partial charge in [0.15, 0.2) is 0 Å². The zero-order valence-corrected chi connectivity index (χ0v) is 10.5. The topological polar surface area (TPSA) is 29.5 Å². The second-order valence-electron chi connectivity index (χ2n) is 3.30. The van der Waals surface area contributed by atoms with Gasteiger partial charge in [-0.15, -0.1) is 0 Å². The standard InChI is InChI=1S/C9H19NO2.C2H6/c1-5-12-9(11)10(4)7-6-8(2)3;1-2/h8H,5-7H2,1-4H3;1-2H3. The smallest absolute Gasteiger partial charge is 0.409 e. The van der Waals surface area contributed by atoms with Crippen molar-refractivity contribution in [3.05, 3.63) is 0 Å². The fourth-order valence-corrected chi connectivity index (χ4v) is 0.777. The average molecular weight is 203 g/mol. The van der Waals surface area contributed by atoms with Gasteiger partial charge in [0.05, 0.1) is 6.61 Å². The van der Waals surface area contributed by atoms with E-state index in [1.165, 1.54) is 0 Å². The summed E-state index contributed by atoms with van der Waals surface area (Å²) in [5, 5.41) is 0. The average Bonchev–Trinajstić information content (AvgIpc) is 2.17. The van der Waals surface area contributed by atoms with E-state index in [4.69, 9.17) is 4.74 Å². The molecule has 0 aromatic rings. The van der Waals surface area contributed by atoms with Crippen LogP contribution >= 0.6 is 0 Å². The highest BCUT2D eigenvalue weighted by molar-refractivity contribution is 5.67. The van der Waals surface area contributed by atoms with Crippen molar-refractivity contribution in [1.29, 1.82) is 0 Å². The third kappa shape index (κ3) is 9.36. The number of ether oxygens (including phenoxy) is 1. The van der Waals surface area contributed by atoms with Gasteiger partial charge in [-0.2, -0.15) is 0 Å². The van der Waals surface area contributed by atoms with Crippen LogP contribution in [0.3, 0.4) is 0 Å². The number of amides is 1. The SMILES string of the molecule is CC.CCOC(=O)N(C)CCC(C)C. The summed E-state index contributed by atoms with van der Waals surface area (Å²) in [6.07, 6.45) is 0.799. The van der Waals surface area contributed by atoms with Gasteiger partial charge < -0.3 is 9.64 Å². The van der Waals surface area contributed by atoms with E-state index in [-0.39, 0.29) is 6.09 Å². The first-order valence-corrected chi connectivity index (χ1v) is 5.45. The number of carbonyl (C=O) groups is 1. The van der Waals surface area contributed by atoms with Gasteiger partial charge in [-0.1, -0.05) is 27.7 Å². The van der Waals surface area contributed by atoms with Crippen LogP contribution in [0, 0.1) is 5.92 Å². The number of carbonyl (C=O) groups excluding carboxylic acids is 1. The molecule has 0 spiro atoms. The molecule has 0 saturated heterocycles. The van der Waals surface area contributed by atoms with Gasteiger partial charge in [0.2, 0.25) is 0 Å². The Balaban J connectivity index is 0.